The summed E-state index contributed by atoms with van der Waals surface area (Å²) in [4.78, 5) is 0. The smallest absolute Gasteiger partial charge is 0.00103 e. The maximum absolute atomic E-state index is 2.61. The molecule has 0 N–H and O–H groups in total. The van der Waals surface area contributed by atoms with E-state index in [0.717, 1.165) is 17.8 Å². The lowest BCUT2D eigenvalue weighted by atomic mass is 9.50. The molecule has 4 aliphatic rings. The monoisotopic (exact) mass is 272 g/mol. The summed E-state index contributed by atoms with van der Waals surface area (Å²) in [5.41, 5.74) is 4.50. The third-order valence-electron chi connectivity index (χ3n) is 7.35. The highest BCUT2D eigenvalue weighted by Gasteiger charge is 2.55. The van der Waals surface area contributed by atoms with Gasteiger partial charge < -0.3 is 0 Å². The van der Waals surface area contributed by atoms with E-state index in [9.17, 15) is 0 Å². The van der Waals surface area contributed by atoms with Crippen LogP contribution in [0.1, 0.15) is 73.1 Å². The van der Waals surface area contributed by atoms with E-state index in [0.29, 0.717) is 10.8 Å². The predicted octanol–water partition coefficient (Wildman–Crippen LogP) is 6.14. The first-order valence-electron chi connectivity index (χ1n) is 8.41. The number of hydrogen-bond acceptors (Lipinski definition) is 0. The Balaban J connectivity index is 0.00000121. The second-order valence-electron chi connectivity index (χ2n) is 8.44. The molecule has 0 heterocycles. The van der Waals surface area contributed by atoms with Crippen molar-refractivity contribution in [3.8, 4) is 0 Å². The lowest BCUT2D eigenvalue weighted by Crippen LogP contribution is -2.46. The van der Waals surface area contributed by atoms with E-state index in [1.807, 2.05) is 0 Å². The van der Waals surface area contributed by atoms with Crippen LogP contribution in [0.15, 0.2) is 23.3 Å². The predicted molar refractivity (Wildman–Crippen MR) is 87.6 cm³/mol. The second kappa shape index (κ2) is 4.49. The van der Waals surface area contributed by atoms with Crippen LogP contribution in [0.5, 0.6) is 0 Å². The molecule has 0 radical (unpaired) electrons. The Labute approximate surface area is 125 Å². The van der Waals surface area contributed by atoms with Gasteiger partial charge in [0.1, 0.15) is 0 Å². The quantitative estimate of drug-likeness (QED) is 0.496. The van der Waals surface area contributed by atoms with Gasteiger partial charge in [0.15, 0.2) is 0 Å². The fourth-order valence-corrected chi connectivity index (χ4v) is 6.46. The van der Waals surface area contributed by atoms with Crippen molar-refractivity contribution in [3.05, 3.63) is 23.3 Å². The minimum atomic E-state index is 0. The zero-order valence-corrected chi connectivity index (χ0v) is 12.8. The third-order valence-corrected chi connectivity index (χ3v) is 7.35. The lowest BCUT2D eigenvalue weighted by Gasteiger charge is -2.54. The van der Waals surface area contributed by atoms with Gasteiger partial charge in [-0.15, -0.1) is 0 Å². The molecule has 0 heteroatoms. The fraction of sp³-hybridized carbons (Fsp3) is 0.800. The maximum Gasteiger partial charge on any atom is -0.00103 e. The molecule has 5 atom stereocenters. The van der Waals surface area contributed by atoms with E-state index in [-0.39, 0.29) is 7.43 Å². The minimum Gasteiger partial charge on any atom is -0.0804 e. The van der Waals surface area contributed by atoms with Crippen LogP contribution in [0.3, 0.4) is 0 Å². The molecule has 2 fully saturated rings. The summed E-state index contributed by atoms with van der Waals surface area (Å²) in [5.74, 6) is 2.99. The number of hydrogen-bond donors (Lipinski definition) is 0. The van der Waals surface area contributed by atoms with Crippen molar-refractivity contribution in [1.29, 1.82) is 0 Å². The van der Waals surface area contributed by atoms with Crippen LogP contribution >= 0.6 is 0 Å². The molecular weight excluding hydrogens is 240 g/mol. The average Bonchev–Trinajstić information content (AvgIpc) is 2.87. The average molecular weight is 272 g/mol. The normalized spacial score (nSPS) is 49.5. The Kier molecular flexibility index (Phi) is 3.23. The van der Waals surface area contributed by atoms with Gasteiger partial charge in [0.05, 0.1) is 0 Å². The summed E-state index contributed by atoms with van der Waals surface area (Å²) >= 11 is 0. The standard InChI is InChI=1S/C19H28.CH4/c1-13-11-14-6-7-15-16-5-4-9-18(16,2)10-8-17(15)19(14,3)12-13;/h6,11,15-17H,4-5,7-10,12H2,1-3H3;1H4. The zero-order chi connectivity index (χ0) is 13.3. The second-order valence-corrected chi connectivity index (χ2v) is 8.44. The van der Waals surface area contributed by atoms with E-state index >= 15 is 0 Å². The summed E-state index contributed by atoms with van der Waals surface area (Å²) in [5, 5.41) is 0. The number of rotatable bonds is 0. The van der Waals surface area contributed by atoms with Crippen LogP contribution in [-0.2, 0) is 0 Å². The zero-order valence-electron chi connectivity index (χ0n) is 12.8. The Hall–Kier alpha value is -0.520. The highest BCUT2D eigenvalue weighted by atomic mass is 14.6. The summed E-state index contributed by atoms with van der Waals surface area (Å²) in [6.45, 7) is 7.50. The van der Waals surface area contributed by atoms with E-state index in [1.165, 1.54) is 44.9 Å². The van der Waals surface area contributed by atoms with Crippen molar-refractivity contribution in [2.24, 2.45) is 28.6 Å². The molecule has 0 aromatic heterocycles. The Bertz CT molecular complexity index is 468. The molecule has 5 unspecified atom stereocenters. The summed E-state index contributed by atoms with van der Waals surface area (Å²) in [7, 11) is 0. The molecule has 112 valence electrons. The van der Waals surface area contributed by atoms with Gasteiger partial charge in [0.25, 0.3) is 0 Å². The number of allylic oxidation sites excluding steroid dienone is 4. The summed E-state index contributed by atoms with van der Waals surface area (Å²) in [6.07, 6.45) is 15.3. The van der Waals surface area contributed by atoms with Crippen LogP contribution in [0.2, 0.25) is 0 Å². The molecule has 0 spiro atoms. The Morgan fingerprint density at radius 2 is 1.90 bits per heavy atom. The van der Waals surface area contributed by atoms with Gasteiger partial charge in [0.2, 0.25) is 0 Å². The van der Waals surface area contributed by atoms with Gasteiger partial charge in [-0.25, -0.2) is 0 Å². The van der Waals surface area contributed by atoms with Crippen molar-refractivity contribution < 1.29 is 0 Å². The molecule has 2 saturated carbocycles. The van der Waals surface area contributed by atoms with Crippen molar-refractivity contribution in [1.82, 2.24) is 0 Å². The number of fused-ring (bicyclic) bond motifs is 5. The lowest BCUT2D eigenvalue weighted by molar-refractivity contribution is -0.0120. The first-order chi connectivity index (χ1) is 9.03. The molecule has 20 heavy (non-hydrogen) atoms. The molecule has 4 rings (SSSR count). The van der Waals surface area contributed by atoms with Crippen LogP contribution < -0.4 is 0 Å². The molecule has 0 nitrogen and oxygen atoms in total. The van der Waals surface area contributed by atoms with Gasteiger partial charge in [-0.1, -0.05) is 45.4 Å². The molecule has 0 aromatic rings. The minimum absolute atomic E-state index is 0. The van der Waals surface area contributed by atoms with Crippen LogP contribution in [0, 0.1) is 28.6 Å². The molecule has 0 aliphatic heterocycles. The maximum atomic E-state index is 2.61. The van der Waals surface area contributed by atoms with E-state index < -0.39 is 0 Å². The molecule has 0 saturated heterocycles. The first kappa shape index (κ1) is 14.4. The van der Waals surface area contributed by atoms with Crippen molar-refractivity contribution in [2.75, 3.05) is 0 Å². The van der Waals surface area contributed by atoms with Crippen LogP contribution in [-0.4, -0.2) is 0 Å². The fourth-order valence-electron chi connectivity index (χ4n) is 6.46. The van der Waals surface area contributed by atoms with E-state index in [2.05, 4.69) is 32.9 Å². The highest BCUT2D eigenvalue weighted by Crippen LogP contribution is 2.65. The largest absolute Gasteiger partial charge is 0.0804 e. The van der Waals surface area contributed by atoms with E-state index in [1.54, 1.807) is 11.1 Å². The van der Waals surface area contributed by atoms with Gasteiger partial charge in [-0.3, -0.25) is 0 Å². The van der Waals surface area contributed by atoms with Crippen LogP contribution in [0.4, 0.5) is 0 Å². The topological polar surface area (TPSA) is 0 Å². The molecular formula is C20H32. The van der Waals surface area contributed by atoms with Gasteiger partial charge in [-0.05, 0) is 79.6 Å². The first-order valence-corrected chi connectivity index (χ1v) is 8.41. The van der Waals surface area contributed by atoms with Crippen molar-refractivity contribution in [2.45, 2.75) is 73.1 Å². The molecule has 0 amide bonds. The van der Waals surface area contributed by atoms with Crippen molar-refractivity contribution >= 4 is 0 Å². The third kappa shape index (κ3) is 1.72. The van der Waals surface area contributed by atoms with Crippen LogP contribution in [0.25, 0.3) is 0 Å². The van der Waals surface area contributed by atoms with E-state index in [4.69, 9.17) is 0 Å². The summed E-state index contributed by atoms with van der Waals surface area (Å²) in [6, 6.07) is 0. The molecule has 4 aliphatic carbocycles. The Morgan fingerprint density at radius 3 is 2.70 bits per heavy atom. The van der Waals surface area contributed by atoms with Crippen molar-refractivity contribution in [3.63, 3.8) is 0 Å². The SMILES string of the molecule is C.CC1=CC2=CCC3C4CCCC4(C)CCC3C2(C)C1. The van der Waals surface area contributed by atoms with Gasteiger partial charge in [-0.2, -0.15) is 0 Å². The Morgan fingerprint density at radius 1 is 1.10 bits per heavy atom. The molecule has 0 bridgehead atoms. The summed E-state index contributed by atoms with van der Waals surface area (Å²) < 4.78 is 0. The highest BCUT2D eigenvalue weighted by molar-refractivity contribution is 5.40. The van der Waals surface area contributed by atoms with Gasteiger partial charge in [0, 0.05) is 0 Å². The molecule has 0 aromatic carbocycles. The van der Waals surface area contributed by atoms with Gasteiger partial charge >= 0.3 is 0 Å².